The number of nitrogens with two attached hydrogens (primary N) is 1. The minimum absolute atomic E-state index is 0.0450. The van der Waals surface area contributed by atoms with Crippen LogP contribution in [0.15, 0.2) is 46.9 Å². The van der Waals surface area contributed by atoms with Gasteiger partial charge in [0.2, 0.25) is 0 Å². The Morgan fingerprint density at radius 3 is 2.57 bits per heavy atom. The SMILES string of the molecule is CC(N)c1ccc(OCCOc2cccc(Br)c2)c(Cl)c1. The van der Waals surface area contributed by atoms with Crippen LogP contribution in [0.5, 0.6) is 11.5 Å². The summed E-state index contributed by atoms with van der Waals surface area (Å²) in [7, 11) is 0. The standard InChI is InChI=1S/C16H17BrClNO2/c1-11(19)12-5-6-16(15(18)9-12)21-8-7-20-14-4-2-3-13(17)10-14/h2-6,9-11H,7-8,19H2,1H3. The highest BCUT2D eigenvalue weighted by Crippen LogP contribution is 2.27. The molecule has 0 fully saturated rings. The maximum atomic E-state index is 6.16. The fourth-order valence-corrected chi connectivity index (χ4v) is 2.41. The van der Waals surface area contributed by atoms with Crippen LogP contribution in [0.25, 0.3) is 0 Å². The zero-order chi connectivity index (χ0) is 15.2. The van der Waals surface area contributed by atoms with Gasteiger partial charge in [0.25, 0.3) is 0 Å². The monoisotopic (exact) mass is 369 g/mol. The molecule has 1 unspecified atom stereocenters. The maximum Gasteiger partial charge on any atom is 0.138 e. The third kappa shape index (κ3) is 4.92. The van der Waals surface area contributed by atoms with E-state index in [0.717, 1.165) is 15.8 Å². The highest BCUT2D eigenvalue weighted by atomic mass is 79.9. The summed E-state index contributed by atoms with van der Waals surface area (Å²) in [6, 6.07) is 13.2. The second-order valence-corrected chi connectivity index (χ2v) is 5.96. The third-order valence-electron chi connectivity index (χ3n) is 2.89. The topological polar surface area (TPSA) is 44.5 Å². The predicted molar refractivity (Wildman–Crippen MR) is 89.2 cm³/mol. The van der Waals surface area contributed by atoms with Crippen LogP contribution < -0.4 is 15.2 Å². The molecule has 0 saturated heterocycles. The lowest BCUT2D eigenvalue weighted by molar-refractivity contribution is 0.217. The Labute approximate surface area is 138 Å². The zero-order valence-electron chi connectivity index (χ0n) is 11.7. The van der Waals surface area contributed by atoms with Crippen LogP contribution in [0.4, 0.5) is 0 Å². The Morgan fingerprint density at radius 1 is 1.14 bits per heavy atom. The first-order chi connectivity index (χ1) is 10.1. The molecule has 0 aliphatic heterocycles. The van der Waals surface area contributed by atoms with Gasteiger partial charge >= 0.3 is 0 Å². The number of hydrogen-bond donors (Lipinski definition) is 1. The molecule has 0 saturated carbocycles. The van der Waals surface area contributed by atoms with Crippen molar-refractivity contribution in [3.63, 3.8) is 0 Å². The van der Waals surface area contributed by atoms with Crippen molar-refractivity contribution < 1.29 is 9.47 Å². The number of rotatable bonds is 6. The van der Waals surface area contributed by atoms with Gasteiger partial charge in [-0.3, -0.25) is 0 Å². The summed E-state index contributed by atoms with van der Waals surface area (Å²) in [5.74, 6) is 1.44. The highest BCUT2D eigenvalue weighted by Gasteiger charge is 2.06. The highest BCUT2D eigenvalue weighted by molar-refractivity contribution is 9.10. The molecule has 0 aliphatic carbocycles. The van der Waals surface area contributed by atoms with Gasteiger partial charge in [-0.25, -0.2) is 0 Å². The maximum absolute atomic E-state index is 6.16. The normalized spacial score (nSPS) is 12.0. The van der Waals surface area contributed by atoms with Crippen molar-refractivity contribution in [2.75, 3.05) is 13.2 Å². The molecular formula is C16H17BrClNO2. The van der Waals surface area contributed by atoms with E-state index in [0.29, 0.717) is 24.0 Å². The summed E-state index contributed by atoms with van der Waals surface area (Å²) in [6.45, 7) is 2.78. The van der Waals surface area contributed by atoms with Gasteiger partial charge in [0.15, 0.2) is 0 Å². The minimum atomic E-state index is -0.0450. The van der Waals surface area contributed by atoms with Crippen LogP contribution in [-0.2, 0) is 0 Å². The largest absolute Gasteiger partial charge is 0.490 e. The van der Waals surface area contributed by atoms with Gasteiger partial charge in [0.05, 0.1) is 5.02 Å². The van der Waals surface area contributed by atoms with E-state index in [1.54, 1.807) is 0 Å². The Balaban J connectivity index is 1.83. The molecule has 3 nitrogen and oxygen atoms in total. The Bertz CT molecular complexity index is 605. The summed E-state index contributed by atoms with van der Waals surface area (Å²) in [5, 5.41) is 0.562. The second kappa shape index (κ2) is 7.69. The molecule has 112 valence electrons. The van der Waals surface area contributed by atoms with Crippen molar-refractivity contribution in [1.82, 2.24) is 0 Å². The molecule has 2 N–H and O–H groups in total. The van der Waals surface area contributed by atoms with Crippen molar-refractivity contribution in [2.24, 2.45) is 5.73 Å². The van der Waals surface area contributed by atoms with Crippen LogP contribution in [-0.4, -0.2) is 13.2 Å². The van der Waals surface area contributed by atoms with Gasteiger partial charge in [0.1, 0.15) is 24.7 Å². The Morgan fingerprint density at radius 2 is 1.90 bits per heavy atom. The van der Waals surface area contributed by atoms with E-state index < -0.39 is 0 Å². The molecule has 2 aromatic rings. The number of benzene rings is 2. The van der Waals surface area contributed by atoms with Crippen molar-refractivity contribution in [3.05, 3.63) is 57.5 Å². The zero-order valence-corrected chi connectivity index (χ0v) is 14.0. The van der Waals surface area contributed by atoms with Crippen molar-refractivity contribution >= 4 is 27.5 Å². The van der Waals surface area contributed by atoms with Crippen molar-refractivity contribution in [3.8, 4) is 11.5 Å². The molecule has 0 bridgehead atoms. The molecule has 0 heterocycles. The summed E-state index contributed by atoms with van der Waals surface area (Å²) in [4.78, 5) is 0. The number of hydrogen-bond acceptors (Lipinski definition) is 3. The van der Waals surface area contributed by atoms with Crippen molar-refractivity contribution in [2.45, 2.75) is 13.0 Å². The molecule has 0 aliphatic rings. The van der Waals surface area contributed by atoms with Gasteiger partial charge in [-0.1, -0.05) is 39.7 Å². The summed E-state index contributed by atoms with van der Waals surface area (Å²) in [6.07, 6.45) is 0. The van der Waals surface area contributed by atoms with Crippen LogP contribution in [0, 0.1) is 0 Å². The lowest BCUT2D eigenvalue weighted by Crippen LogP contribution is -2.10. The van der Waals surface area contributed by atoms with E-state index in [1.807, 2.05) is 49.4 Å². The first-order valence-corrected chi connectivity index (χ1v) is 7.79. The van der Waals surface area contributed by atoms with E-state index in [-0.39, 0.29) is 6.04 Å². The summed E-state index contributed by atoms with van der Waals surface area (Å²) in [5.41, 5.74) is 6.79. The molecule has 0 aromatic heterocycles. The molecule has 1 atom stereocenters. The van der Waals surface area contributed by atoms with E-state index in [9.17, 15) is 0 Å². The van der Waals surface area contributed by atoms with Crippen LogP contribution in [0.2, 0.25) is 5.02 Å². The molecule has 0 amide bonds. The molecule has 2 aromatic carbocycles. The molecule has 21 heavy (non-hydrogen) atoms. The summed E-state index contributed by atoms with van der Waals surface area (Å²) < 4.78 is 12.2. The first kappa shape index (κ1) is 16.1. The van der Waals surface area contributed by atoms with Crippen LogP contribution in [0.3, 0.4) is 0 Å². The Kier molecular flexibility index (Phi) is 5.91. The van der Waals surface area contributed by atoms with Crippen LogP contribution >= 0.6 is 27.5 Å². The predicted octanol–water partition coefficient (Wildman–Crippen LogP) is 4.58. The molecule has 2 rings (SSSR count). The lowest BCUT2D eigenvalue weighted by atomic mass is 10.1. The van der Waals surface area contributed by atoms with Gasteiger partial charge in [-0.15, -0.1) is 0 Å². The molecule has 0 radical (unpaired) electrons. The molecule has 5 heteroatoms. The quantitative estimate of drug-likeness (QED) is 0.757. The van der Waals surface area contributed by atoms with Gasteiger partial charge in [0, 0.05) is 10.5 Å². The van der Waals surface area contributed by atoms with Gasteiger partial charge < -0.3 is 15.2 Å². The van der Waals surface area contributed by atoms with E-state index in [4.69, 9.17) is 26.8 Å². The molecular weight excluding hydrogens is 354 g/mol. The third-order valence-corrected chi connectivity index (χ3v) is 3.68. The van der Waals surface area contributed by atoms with E-state index >= 15 is 0 Å². The lowest BCUT2D eigenvalue weighted by Gasteiger charge is -2.12. The van der Waals surface area contributed by atoms with Gasteiger partial charge in [-0.2, -0.15) is 0 Å². The van der Waals surface area contributed by atoms with E-state index in [1.165, 1.54) is 0 Å². The van der Waals surface area contributed by atoms with Crippen LogP contribution in [0.1, 0.15) is 18.5 Å². The molecule has 0 spiro atoms. The number of ether oxygens (including phenoxy) is 2. The minimum Gasteiger partial charge on any atom is -0.490 e. The fraction of sp³-hybridized carbons (Fsp3) is 0.250. The average molecular weight is 371 g/mol. The fourth-order valence-electron chi connectivity index (χ4n) is 1.79. The van der Waals surface area contributed by atoms with Crippen molar-refractivity contribution in [1.29, 1.82) is 0 Å². The second-order valence-electron chi connectivity index (χ2n) is 4.63. The Hall–Kier alpha value is -1.23. The van der Waals surface area contributed by atoms with Gasteiger partial charge in [-0.05, 0) is 42.8 Å². The number of halogens is 2. The summed E-state index contributed by atoms with van der Waals surface area (Å²) >= 11 is 9.56. The van der Waals surface area contributed by atoms with E-state index in [2.05, 4.69) is 15.9 Å². The average Bonchev–Trinajstić information content (AvgIpc) is 2.45. The first-order valence-electron chi connectivity index (χ1n) is 6.62. The smallest absolute Gasteiger partial charge is 0.138 e.